The molecule has 10 atom stereocenters. The minimum Gasteiger partial charge on any atom is -0.381 e. The van der Waals surface area contributed by atoms with Gasteiger partial charge in [-0.05, 0) is 60.1 Å². The zero-order valence-electron chi connectivity index (χ0n) is 17.4. The predicted octanol–water partition coefficient (Wildman–Crippen LogP) is 0.974. The van der Waals surface area contributed by atoms with Gasteiger partial charge in [0.2, 0.25) is 10.0 Å². The van der Waals surface area contributed by atoms with Crippen LogP contribution in [0, 0.1) is 70.0 Å². The summed E-state index contributed by atoms with van der Waals surface area (Å²) in [5, 5.41) is 14.1. The van der Waals surface area contributed by atoms with E-state index in [1.165, 1.54) is 6.33 Å². The van der Waals surface area contributed by atoms with E-state index in [0.717, 1.165) is 11.1 Å². The van der Waals surface area contributed by atoms with Crippen molar-refractivity contribution in [1.82, 2.24) is 24.3 Å². The van der Waals surface area contributed by atoms with Crippen molar-refractivity contribution in [3.63, 3.8) is 0 Å². The zero-order chi connectivity index (χ0) is 22.1. The SMILES string of the molecule is Cc1ccc(S(=O)(=O)NC23C4C5C6(C#N)C7C2C32C7C56C42)cc1-c1cnc2c(N)ncnn12. The molecule has 2 heterocycles. The molecule has 7 saturated carbocycles. The number of nitrogens with zero attached hydrogens (tertiary/aromatic N) is 5. The molecule has 10 heteroatoms. The predicted molar refractivity (Wildman–Crippen MR) is 112 cm³/mol. The van der Waals surface area contributed by atoms with Crippen molar-refractivity contribution in [2.45, 2.75) is 17.4 Å². The van der Waals surface area contributed by atoms with Crippen LogP contribution in [0.15, 0.2) is 35.6 Å². The fourth-order valence-electron chi connectivity index (χ4n) is 11.2. The van der Waals surface area contributed by atoms with Gasteiger partial charge in [-0.2, -0.15) is 10.4 Å². The number of imidazole rings is 1. The van der Waals surface area contributed by atoms with E-state index in [1.807, 2.05) is 13.0 Å². The van der Waals surface area contributed by atoms with E-state index in [2.05, 4.69) is 25.9 Å². The summed E-state index contributed by atoms with van der Waals surface area (Å²) in [5.74, 6) is 3.19. The van der Waals surface area contributed by atoms with Crippen molar-refractivity contribution in [3.8, 4) is 17.3 Å². The van der Waals surface area contributed by atoms with E-state index >= 15 is 0 Å². The first-order valence-electron chi connectivity index (χ1n) is 11.4. The summed E-state index contributed by atoms with van der Waals surface area (Å²) in [6.45, 7) is 1.93. The molecule has 10 unspecified atom stereocenters. The number of rotatable bonds is 4. The lowest BCUT2D eigenvalue weighted by molar-refractivity contribution is -0.364. The van der Waals surface area contributed by atoms with Crippen molar-refractivity contribution < 1.29 is 8.42 Å². The average molecular weight is 456 g/mol. The molecule has 9 nitrogen and oxygen atoms in total. The molecule has 7 aliphatic carbocycles. The van der Waals surface area contributed by atoms with Crippen LogP contribution in [0.1, 0.15) is 5.56 Å². The van der Waals surface area contributed by atoms with Crippen LogP contribution < -0.4 is 10.5 Å². The summed E-state index contributed by atoms with van der Waals surface area (Å²) in [5.41, 5.74) is 8.86. The third-order valence-electron chi connectivity index (χ3n) is 11.4. The first kappa shape index (κ1) is 16.6. The van der Waals surface area contributed by atoms with Crippen LogP contribution in [0.3, 0.4) is 0 Å². The Bertz CT molecular complexity index is 1720. The van der Waals surface area contributed by atoms with Gasteiger partial charge in [-0.1, -0.05) is 6.07 Å². The molecule has 1 aromatic carbocycles. The largest absolute Gasteiger partial charge is 0.381 e. The molecule has 0 bridgehead atoms. The fraction of sp³-hybridized carbons (Fsp3) is 0.478. The number of aromatic nitrogens is 4. The van der Waals surface area contributed by atoms with Crippen LogP contribution in [0.5, 0.6) is 0 Å². The number of sulfonamides is 1. The molecule has 3 aromatic rings. The maximum absolute atomic E-state index is 13.6. The highest BCUT2D eigenvalue weighted by atomic mass is 32.2. The zero-order valence-corrected chi connectivity index (χ0v) is 18.2. The number of nitrogens with two attached hydrogens (primary N) is 1. The molecule has 3 N–H and O–H groups in total. The number of nitrogen functional groups attached to an aromatic ring is 1. The van der Waals surface area contributed by atoms with Crippen molar-refractivity contribution >= 4 is 21.5 Å². The standard InChI is InChI=1S/C23H17N7O2S/c1-8-2-3-9(4-10(8)11-5-26-19-18(25)27-7-28-30(11)19)33(31,32)29-23-13-14-20(6-24)12-15-21(14,20)16(13)22(15,23)17(12)23/h2-5,7,12-17,29H,1H3,(H2,25,27,28). The lowest BCUT2D eigenvalue weighted by Gasteiger charge is -2.82. The highest BCUT2D eigenvalue weighted by Gasteiger charge is 3.31. The molecular weight excluding hydrogens is 438 g/mol. The third kappa shape index (κ3) is 1.05. The molecule has 7 aliphatic rings. The number of anilines is 1. The molecule has 0 aliphatic heterocycles. The molecule has 33 heavy (non-hydrogen) atoms. The van der Waals surface area contributed by atoms with Crippen LogP contribution in [0.2, 0.25) is 0 Å². The molecular formula is C23H17N7O2S. The van der Waals surface area contributed by atoms with Gasteiger partial charge in [0.25, 0.3) is 0 Å². The second-order valence-electron chi connectivity index (χ2n) is 11.3. The summed E-state index contributed by atoms with van der Waals surface area (Å²) in [4.78, 5) is 8.55. The van der Waals surface area contributed by atoms with Gasteiger partial charge in [0, 0.05) is 21.9 Å². The number of hydrogen-bond acceptors (Lipinski definition) is 7. The van der Waals surface area contributed by atoms with Crippen molar-refractivity contribution in [2.75, 3.05) is 5.73 Å². The Hall–Kier alpha value is -3.03. The van der Waals surface area contributed by atoms with E-state index < -0.39 is 10.0 Å². The number of nitriles is 1. The third-order valence-corrected chi connectivity index (χ3v) is 12.9. The van der Waals surface area contributed by atoms with E-state index in [0.29, 0.717) is 52.3 Å². The van der Waals surface area contributed by atoms with Crippen LogP contribution in [0.25, 0.3) is 16.9 Å². The molecule has 0 saturated heterocycles. The smallest absolute Gasteiger partial charge is 0.241 e. The van der Waals surface area contributed by atoms with Gasteiger partial charge in [0.15, 0.2) is 11.5 Å². The van der Waals surface area contributed by atoms with Crippen LogP contribution >= 0.6 is 0 Å². The van der Waals surface area contributed by atoms with E-state index in [1.54, 1.807) is 22.8 Å². The van der Waals surface area contributed by atoms with Crippen molar-refractivity contribution in [3.05, 3.63) is 36.3 Å². The summed E-state index contributed by atoms with van der Waals surface area (Å²) in [6.07, 6.45) is 3.01. The fourth-order valence-corrected chi connectivity index (χ4v) is 12.7. The Balaban J connectivity index is 1.06. The minimum atomic E-state index is -3.71. The Kier molecular flexibility index (Phi) is 1.97. The lowest BCUT2D eigenvalue weighted by Crippen LogP contribution is -2.84. The van der Waals surface area contributed by atoms with Gasteiger partial charge in [-0.15, -0.1) is 0 Å². The molecule has 7 fully saturated rings. The van der Waals surface area contributed by atoms with E-state index in [4.69, 9.17) is 5.73 Å². The van der Waals surface area contributed by atoms with Crippen LogP contribution in [0.4, 0.5) is 5.82 Å². The topological polar surface area (TPSA) is 139 Å². The normalized spacial score (nSPS) is 50.9. The van der Waals surface area contributed by atoms with Gasteiger partial charge in [-0.3, -0.25) is 0 Å². The first-order chi connectivity index (χ1) is 15.9. The number of fused-ring (bicyclic) bond motifs is 7. The molecule has 10 rings (SSSR count). The van der Waals surface area contributed by atoms with Gasteiger partial charge < -0.3 is 5.73 Å². The quantitative estimate of drug-likeness (QED) is 0.598. The summed E-state index contributed by atoms with van der Waals surface area (Å²) < 4.78 is 32.1. The number of aryl methyl sites for hydroxylation is 1. The molecule has 0 radical (unpaired) electrons. The van der Waals surface area contributed by atoms with E-state index in [-0.39, 0.29) is 27.1 Å². The average Bonchev–Trinajstić information content (AvgIpc) is 3.48. The maximum atomic E-state index is 13.6. The van der Waals surface area contributed by atoms with Crippen molar-refractivity contribution in [2.24, 2.45) is 51.8 Å². The maximum Gasteiger partial charge on any atom is 0.241 e. The van der Waals surface area contributed by atoms with Crippen molar-refractivity contribution in [1.29, 1.82) is 5.26 Å². The molecule has 2 spiro atoms. The highest BCUT2D eigenvalue weighted by molar-refractivity contribution is 7.89. The van der Waals surface area contributed by atoms with Crippen LogP contribution in [-0.4, -0.2) is 33.5 Å². The summed E-state index contributed by atoms with van der Waals surface area (Å²) >= 11 is 0. The number of nitrogens with one attached hydrogen (secondary N) is 1. The number of hydrogen-bond donors (Lipinski definition) is 2. The Morgan fingerprint density at radius 1 is 1.15 bits per heavy atom. The van der Waals surface area contributed by atoms with Gasteiger partial charge >= 0.3 is 0 Å². The second kappa shape index (κ2) is 3.93. The highest BCUT2D eigenvalue weighted by Crippen LogP contribution is 3.29. The molecule has 0 amide bonds. The molecule has 2 aromatic heterocycles. The first-order valence-corrected chi connectivity index (χ1v) is 12.9. The minimum absolute atomic E-state index is 0.0748. The lowest BCUT2D eigenvalue weighted by atomic mass is 9.21. The van der Waals surface area contributed by atoms with E-state index in [9.17, 15) is 13.7 Å². The Labute approximate surface area is 188 Å². The summed E-state index contributed by atoms with van der Waals surface area (Å²) in [7, 11) is -3.71. The van der Waals surface area contributed by atoms with Gasteiger partial charge in [-0.25, -0.2) is 27.6 Å². The van der Waals surface area contributed by atoms with Crippen LogP contribution in [-0.2, 0) is 10.0 Å². The second-order valence-corrected chi connectivity index (χ2v) is 13.0. The number of benzene rings is 1. The summed E-state index contributed by atoms with van der Waals surface area (Å²) in [6, 6.07) is 7.88. The Morgan fingerprint density at radius 2 is 1.97 bits per heavy atom. The van der Waals surface area contributed by atoms with Gasteiger partial charge in [0.1, 0.15) is 6.33 Å². The molecule has 162 valence electrons. The monoisotopic (exact) mass is 455 g/mol. The van der Waals surface area contributed by atoms with Gasteiger partial charge in [0.05, 0.1) is 28.3 Å². The Morgan fingerprint density at radius 3 is 2.76 bits per heavy atom.